The lowest BCUT2D eigenvalue weighted by molar-refractivity contribution is -0.384. The molecule has 28 heavy (non-hydrogen) atoms. The maximum atomic E-state index is 13.3. The summed E-state index contributed by atoms with van der Waals surface area (Å²) in [4.78, 5) is 27.5. The molecular formula is C21H15FN2O4. The fourth-order valence-corrected chi connectivity index (χ4v) is 2.51. The van der Waals surface area contributed by atoms with Crippen molar-refractivity contribution in [2.75, 3.05) is 0 Å². The van der Waals surface area contributed by atoms with E-state index in [1.54, 1.807) is 24.3 Å². The number of nitro benzene ring substituents is 1. The summed E-state index contributed by atoms with van der Waals surface area (Å²) in [6, 6.07) is 20.2. The van der Waals surface area contributed by atoms with Crippen LogP contribution in [-0.2, 0) is 11.3 Å². The molecule has 0 saturated carbocycles. The van der Waals surface area contributed by atoms with E-state index in [9.17, 15) is 19.3 Å². The summed E-state index contributed by atoms with van der Waals surface area (Å²) in [5, 5.41) is 14.8. The summed E-state index contributed by atoms with van der Waals surface area (Å²) >= 11 is 0. The summed E-state index contributed by atoms with van der Waals surface area (Å²) in [6.45, 7) is 0. The maximum Gasteiger partial charge on any atom is 0.365 e. The van der Waals surface area contributed by atoms with Crippen LogP contribution in [0.15, 0.2) is 84.0 Å². The van der Waals surface area contributed by atoms with Crippen LogP contribution in [0.4, 0.5) is 10.1 Å². The van der Waals surface area contributed by atoms with Crippen molar-refractivity contribution < 1.29 is 18.9 Å². The molecule has 0 aromatic heterocycles. The Balaban J connectivity index is 1.83. The van der Waals surface area contributed by atoms with Gasteiger partial charge < -0.3 is 4.84 Å². The third-order valence-electron chi connectivity index (χ3n) is 3.92. The molecule has 0 N–H and O–H groups in total. The van der Waals surface area contributed by atoms with Gasteiger partial charge in [-0.15, -0.1) is 0 Å². The molecule has 7 heteroatoms. The van der Waals surface area contributed by atoms with E-state index in [0.29, 0.717) is 12.1 Å². The fourth-order valence-electron chi connectivity index (χ4n) is 2.51. The highest BCUT2D eigenvalue weighted by Crippen LogP contribution is 2.15. The first-order valence-electron chi connectivity index (χ1n) is 8.35. The minimum Gasteiger partial charge on any atom is -0.313 e. The summed E-state index contributed by atoms with van der Waals surface area (Å²) < 4.78 is 13.3. The molecule has 0 radical (unpaired) electrons. The Morgan fingerprint density at radius 1 is 0.964 bits per heavy atom. The first-order chi connectivity index (χ1) is 13.5. The van der Waals surface area contributed by atoms with Gasteiger partial charge in [-0.3, -0.25) is 10.1 Å². The summed E-state index contributed by atoms with van der Waals surface area (Å²) in [7, 11) is 0. The molecule has 0 bridgehead atoms. The molecule has 0 fully saturated rings. The minimum atomic E-state index is -0.781. The van der Waals surface area contributed by atoms with E-state index in [1.165, 1.54) is 30.3 Å². The van der Waals surface area contributed by atoms with E-state index in [2.05, 4.69) is 5.16 Å². The molecular weight excluding hydrogens is 363 g/mol. The number of non-ortho nitro benzene ring substituents is 1. The van der Waals surface area contributed by atoms with Crippen molar-refractivity contribution in [3.8, 4) is 0 Å². The van der Waals surface area contributed by atoms with Crippen LogP contribution in [0.2, 0.25) is 0 Å². The second-order valence-electron chi connectivity index (χ2n) is 5.89. The van der Waals surface area contributed by atoms with E-state index >= 15 is 0 Å². The zero-order valence-corrected chi connectivity index (χ0v) is 14.6. The van der Waals surface area contributed by atoms with Crippen LogP contribution in [0.5, 0.6) is 0 Å². The number of benzene rings is 3. The van der Waals surface area contributed by atoms with Crippen LogP contribution in [0.1, 0.15) is 21.5 Å². The number of hydrogen-bond acceptors (Lipinski definition) is 5. The molecule has 3 aromatic carbocycles. The molecule has 3 aromatic rings. The number of oxime groups is 1. The van der Waals surface area contributed by atoms with Crippen LogP contribution in [-0.4, -0.2) is 16.6 Å². The number of nitro groups is 1. The first-order valence-corrected chi connectivity index (χ1v) is 8.35. The van der Waals surface area contributed by atoms with Crippen LogP contribution in [0.3, 0.4) is 0 Å². The Morgan fingerprint density at radius 2 is 1.64 bits per heavy atom. The number of carbonyl (C=O) groups excluding carboxylic acids is 1. The highest BCUT2D eigenvalue weighted by molar-refractivity contribution is 6.02. The van der Waals surface area contributed by atoms with Gasteiger partial charge in [-0.2, -0.15) is 0 Å². The van der Waals surface area contributed by atoms with Crippen LogP contribution in [0, 0.1) is 15.9 Å². The van der Waals surface area contributed by atoms with Crippen molar-refractivity contribution in [1.29, 1.82) is 0 Å². The van der Waals surface area contributed by atoms with Gasteiger partial charge in [-0.1, -0.05) is 53.7 Å². The lowest BCUT2D eigenvalue weighted by atomic mass is 10.0. The van der Waals surface area contributed by atoms with Crippen molar-refractivity contribution >= 4 is 17.4 Å². The van der Waals surface area contributed by atoms with Crippen molar-refractivity contribution in [2.45, 2.75) is 6.42 Å². The summed E-state index contributed by atoms with van der Waals surface area (Å²) in [6.07, 6.45) is 0.290. The second-order valence-corrected chi connectivity index (χ2v) is 5.89. The van der Waals surface area contributed by atoms with E-state index < -0.39 is 16.7 Å². The summed E-state index contributed by atoms with van der Waals surface area (Å²) in [5.74, 6) is -1.33. The van der Waals surface area contributed by atoms with Gasteiger partial charge in [0.25, 0.3) is 5.69 Å². The van der Waals surface area contributed by atoms with Crippen LogP contribution >= 0.6 is 0 Å². The Morgan fingerprint density at radius 3 is 2.29 bits per heavy atom. The van der Waals surface area contributed by atoms with E-state index in [4.69, 9.17) is 4.84 Å². The predicted octanol–water partition coefficient (Wildman–Crippen LogP) is 4.54. The molecule has 6 nitrogen and oxygen atoms in total. The molecule has 0 unspecified atom stereocenters. The SMILES string of the molecule is O=C(O/N=C(\Cc1ccc([N+](=O)[O-])cc1)c1ccccc1)c1cccc(F)c1. The maximum absolute atomic E-state index is 13.3. The van der Waals surface area contributed by atoms with Gasteiger partial charge in [0, 0.05) is 18.6 Å². The first kappa shape index (κ1) is 18.9. The van der Waals surface area contributed by atoms with Crippen molar-refractivity contribution in [3.05, 3.63) is 111 Å². The van der Waals surface area contributed by atoms with Gasteiger partial charge >= 0.3 is 5.97 Å². The molecule has 0 saturated heterocycles. The number of carbonyl (C=O) groups is 1. The molecule has 0 aliphatic heterocycles. The lowest BCUT2D eigenvalue weighted by Gasteiger charge is -2.07. The highest BCUT2D eigenvalue weighted by atomic mass is 19.1. The molecule has 140 valence electrons. The molecule has 3 rings (SSSR count). The number of hydrogen-bond donors (Lipinski definition) is 0. The quantitative estimate of drug-likeness (QED) is 0.273. The van der Waals surface area contributed by atoms with Crippen molar-refractivity contribution in [3.63, 3.8) is 0 Å². The minimum absolute atomic E-state index is 0.0144. The molecule has 0 atom stereocenters. The molecule has 0 amide bonds. The lowest BCUT2D eigenvalue weighted by Crippen LogP contribution is -2.09. The number of rotatable bonds is 6. The van der Waals surface area contributed by atoms with Crippen LogP contribution in [0.25, 0.3) is 0 Å². The fraction of sp³-hybridized carbons (Fsp3) is 0.0476. The smallest absolute Gasteiger partial charge is 0.313 e. The Bertz CT molecular complexity index is 1020. The van der Waals surface area contributed by atoms with Gasteiger partial charge in [0.2, 0.25) is 0 Å². The Labute approximate surface area is 160 Å². The molecule has 0 spiro atoms. The zero-order valence-electron chi connectivity index (χ0n) is 14.6. The van der Waals surface area contributed by atoms with E-state index in [1.807, 2.05) is 18.2 Å². The van der Waals surface area contributed by atoms with Gasteiger partial charge in [-0.25, -0.2) is 9.18 Å². The monoisotopic (exact) mass is 378 g/mol. The average molecular weight is 378 g/mol. The third-order valence-corrected chi connectivity index (χ3v) is 3.92. The highest BCUT2D eigenvalue weighted by Gasteiger charge is 2.12. The normalized spacial score (nSPS) is 11.1. The van der Waals surface area contributed by atoms with E-state index in [-0.39, 0.29) is 11.3 Å². The van der Waals surface area contributed by atoms with Gasteiger partial charge in [0.1, 0.15) is 5.82 Å². The topological polar surface area (TPSA) is 81.8 Å². The van der Waals surface area contributed by atoms with Gasteiger partial charge in [0.15, 0.2) is 0 Å². The second kappa shape index (κ2) is 8.68. The molecule has 0 aliphatic carbocycles. The van der Waals surface area contributed by atoms with Gasteiger partial charge in [0.05, 0.1) is 16.2 Å². The van der Waals surface area contributed by atoms with Crippen molar-refractivity contribution in [1.82, 2.24) is 0 Å². The Kier molecular flexibility index (Phi) is 5.86. The third kappa shape index (κ3) is 4.85. The van der Waals surface area contributed by atoms with Crippen LogP contribution < -0.4 is 0 Å². The number of nitrogens with zero attached hydrogens (tertiary/aromatic N) is 2. The predicted molar refractivity (Wildman–Crippen MR) is 102 cm³/mol. The summed E-state index contributed by atoms with van der Waals surface area (Å²) in [5.41, 5.74) is 1.98. The van der Waals surface area contributed by atoms with Gasteiger partial charge in [-0.05, 0) is 29.3 Å². The average Bonchev–Trinajstić information content (AvgIpc) is 2.72. The molecule has 0 heterocycles. The molecule has 0 aliphatic rings. The van der Waals surface area contributed by atoms with E-state index in [0.717, 1.165) is 17.2 Å². The largest absolute Gasteiger partial charge is 0.365 e. The zero-order chi connectivity index (χ0) is 19.9. The van der Waals surface area contributed by atoms with Crippen molar-refractivity contribution in [2.24, 2.45) is 5.16 Å². The standard InChI is InChI=1S/C21H15FN2O4/c22-18-8-4-7-17(14-18)21(25)28-23-20(16-5-2-1-3-6-16)13-15-9-11-19(12-10-15)24(26)27/h1-12,14H,13H2/b23-20+. The Hall–Kier alpha value is -3.87. The number of halogens is 1.